The van der Waals surface area contributed by atoms with Crippen LogP contribution >= 0.6 is 0 Å². The normalized spacial score (nSPS) is 11.4. The van der Waals surface area contributed by atoms with Gasteiger partial charge in [0.15, 0.2) is 5.78 Å². The van der Waals surface area contributed by atoms with Crippen molar-refractivity contribution in [1.82, 2.24) is 0 Å². The molecule has 0 radical (unpaired) electrons. The number of hydrogen-bond donors (Lipinski definition) is 0. The summed E-state index contributed by atoms with van der Waals surface area (Å²) in [5.41, 5.74) is -0.146. The van der Waals surface area contributed by atoms with Crippen LogP contribution in [0.3, 0.4) is 0 Å². The van der Waals surface area contributed by atoms with Gasteiger partial charge in [-0.1, -0.05) is 18.2 Å². The zero-order chi connectivity index (χ0) is 10.8. The first-order chi connectivity index (χ1) is 6.43. The van der Waals surface area contributed by atoms with E-state index in [9.17, 15) is 18.0 Å². The van der Waals surface area contributed by atoms with Gasteiger partial charge in [0, 0.05) is 13.3 Å². The second-order valence-electron chi connectivity index (χ2n) is 3.03. The highest BCUT2D eigenvalue weighted by molar-refractivity contribution is 5.83. The molecule has 14 heavy (non-hydrogen) atoms. The average Bonchev–Trinajstić information content (AvgIpc) is 2.08. The van der Waals surface area contributed by atoms with E-state index in [0.29, 0.717) is 0 Å². The molecule has 0 bridgehead atoms. The van der Waals surface area contributed by atoms with E-state index in [1.54, 1.807) is 0 Å². The van der Waals surface area contributed by atoms with E-state index >= 15 is 0 Å². The van der Waals surface area contributed by atoms with Gasteiger partial charge >= 0.3 is 5.92 Å². The SMILES string of the molecule is CC(=O)C(F)(F)Cc1ccccc1F. The van der Waals surface area contributed by atoms with Gasteiger partial charge in [0.05, 0.1) is 0 Å². The molecule has 1 rings (SSSR count). The predicted octanol–water partition coefficient (Wildman–Crippen LogP) is 2.59. The fraction of sp³-hybridized carbons (Fsp3) is 0.300. The summed E-state index contributed by atoms with van der Waals surface area (Å²) in [5.74, 6) is -5.45. The van der Waals surface area contributed by atoms with Gasteiger partial charge in [0.1, 0.15) is 5.82 Å². The molecular weight excluding hydrogens is 193 g/mol. The van der Waals surface area contributed by atoms with Gasteiger partial charge in [0.2, 0.25) is 0 Å². The number of benzene rings is 1. The number of Topliss-reactive ketones (excluding diaryl/α,β-unsaturated/α-hetero) is 1. The van der Waals surface area contributed by atoms with Crippen molar-refractivity contribution in [2.75, 3.05) is 0 Å². The summed E-state index contributed by atoms with van der Waals surface area (Å²) in [6.45, 7) is 0.793. The van der Waals surface area contributed by atoms with E-state index in [2.05, 4.69) is 0 Å². The minimum absolute atomic E-state index is 0.146. The van der Waals surface area contributed by atoms with Gasteiger partial charge < -0.3 is 0 Å². The third-order valence-corrected chi connectivity index (χ3v) is 1.89. The largest absolute Gasteiger partial charge is 0.309 e. The fourth-order valence-electron chi connectivity index (χ4n) is 1.01. The molecule has 0 spiro atoms. The number of carbonyl (C=O) groups excluding carboxylic acids is 1. The molecule has 0 saturated heterocycles. The van der Waals surface area contributed by atoms with E-state index in [0.717, 1.165) is 13.0 Å². The molecule has 0 N–H and O–H groups in total. The Morgan fingerprint density at radius 2 is 1.93 bits per heavy atom. The van der Waals surface area contributed by atoms with E-state index in [1.807, 2.05) is 0 Å². The maximum atomic E-state index is 12.9. The van der Waals surface area contributed by atoms with Crippen molar-refractivity contribution in [1.29, 1.82) is 0 Å². The first-order valence-corrected chi connectivity index (χ1v) is 4.06. The minimum atomic E-state index is -3.48. The maximum Gasteiger partial charge on any atom is 0.309 e. The van der Waals surface area contributed by atoms with Crippen LogP contribution in [0, 0.1) is 5.82 Å². The molecule has 0 aromatic heterocycles. The Balaban J connectivity index is 2.89. The molecule has 0 aliphatic rings. The third-order valence-electron chi connectivity index (χ3n) is 1.89. The van der Waals surface area contributed by atoms with Gasteiger partial charge in [0.25, 0.3) is 0 Å². The quantitative estimate of drug-likeness (QED) is 0.736. The first-order valence-electron chi connectivity index (χ1n) is 4.06. The maximum absolute atomic E-state index is 12.9. The van der Waals surface area contributed by atoms with Crippen LogP contribution in [-0.4, -0.2) is 11.7 Å². The van der Waals surface area contributed by atoms with E-state index in [1.165, 1.54) is 18.2 Å². The van der Waals surface area contributed by atoms with Gasteiger partial charge in [-0.3, -0.25) is 4.79 Å². The number of ketones is 1. The number of carbonyl (C=O) groups is 1. The third kappa shape index (κ3) is 2.34. The zero-order valence-corrected chi connectivity index (χ0v) is 7.56. The lowest BCUT2D eigenvalue weighted by molar-refractivity contribution is -0.140. The Morgan fingerprint density at radius 3 is 2.43 bits per heavy atom. The van der Waals surface area contributed by atoms with Gasteiger partial charge in [-0.05, 0) is 11.6 Å². The van der Waals surface area contributed by atoms with Crippen LogP contribution < -0.4 is 0 Å². The Kier molecular flexibility index (Phi) is 2.93. The monoisotopic (exact) mass is 202 g/mol. The Morgan fingerprint density at radius 1 is 1.36 bits per heavy atom. The lowest BCUT2D eigenvalue weighted by Crippen LogP contribution is -2.29. The fourth-order valence-corrected chi connectivity index (χ4v) is 1.01. The summed E-state index contributed by atoms with van der Waals surface area (Å²) in [6.07, 6.45) is -0.880. The minimum Gasteiger partial charge on any atom is -0.293 e. The first kappa shape index (κ1) is 10.8. The highest BCUT2D eigenvalue weighted by Crippen LogP contribution is 2.22. The highest BCUT2D eigenvalue weighted by Gasteiger charge is 2.35. The molecule has 0 aliphatic heterocycles. The summed E-state index contributed by atoms with van der Waals surface area (Å²) in [7, 11) is 0. The van der Waals surface area contributed by atoms with E-state index in [-0.39, 0.29) is 5.56 Å². The van der Waals surface area contributed by atoms with Gasteiger partial charge in [-0.25, -0.2) is 4.39 Å². The van der Waals surface area contributed by atoms with Crippen LogP contribution in [0.15, 0.2) is 24.3 Å². The molecule has 1 nitrogen and oxygen atoms in total. The molecule has 0 unspecified atom stereocenters. The molecule has 76 valence electrons. The van der Waals surface area contributed by atoms with Gasteiger partial charge in [-0.2, -0.15) is 8.78 Å². The van der Waals surface area contributed by atoms with Crippen LogP contribution in [0.25, 0.3) is 0 Å². The lowest BCUT2D eigenvalue weighted by Gasteiger charge is -2.12. The zero-order valence-electron chi connectivity index (χ0n) is 7.56. The van der Waals surface area contributed by atoms with Crippen LogP contribution in [0.5, 0.6) is 0 Å². The van der Waals surface area contributed by atoms with Crippen molar-refractivity contribution in [3.8, 4) is 0 Å². The van der Waals surface area contributed by atoms with Crippen molar-refractivity contribution in [3.63, 3.8) is 0 Å². The van der Waals surface area contributed by atoms with Crippen molar-refractivity contribution in [3.05, 3.63) is 35.6 Å². The van der Waals surface area contributed by atoms with Crippen LogP contribution in [-0.2, 0) is 11.2 Å². The van der Waals surface area contributed by atoms with Crippen LogP contribution in [0.2, 0.25) is 0 Å². The Labute approximate surface area is 79.5 Å². The summed E-state index contributed by atoms with van der Waals surface area (Å²) < 4.78 is 38.7. The highest BCUT2D eigenvalue weighted by atomic mass is 19.3. The summed E-state index contributed by atoms with van der Waals surface area (Å²) in [4.78, 5) is 10.5. The lowest BCUT2D eigenvalue weighted by atomic mass is 10.0. The Bertz CT molecular complexity index is 347. The number of halogens is 3. The molecule has 0 atom stereocenters. The smallest absolute Gasteiger partial charge is 0.293 e. The second-order valence-corrected chi connectivity index (χ2v) is 3.03. The summed E-state index contributed by atoms with van der Waals surface area (Å²) >= 11 is 0. The standard InChI is InChI=1S/C10H9F3O/c1-7(14)10(12,13)6-8-4-2-3-5-9(8)11/h2-5H,6H2,1H3. The van der Waals surface area contributed by atoms with E-state index in [4.69, 9.17) is 0 Å². The van der Waals surface area contributed by atoms with E-state index < -0.39 is 23.9 Å². The topological polar surface area (TPSA) is 17.1 Å². The number of alkyl halides is 2. The molecule has 0 heterocycles. The molecule has 0 fully saturated rings. The molecule has 0 amide bonds. The molecule has 0 saturated carbocycles. The number of rotatable bonds is 3. The second kappa shape index (κ2) is 3.82. The van der Waals surface area contributed by atoms with Crippen molar-refractivity contribution < 1.29 is 18.0 Å². The average molecular weight is 202 g/mol. The van der Waals surface area contributed by atoms with Gasteiger partial charge in [-0.15, -0.1) is 0 Å². The molecule has 4 heteroatoms. The summed E-state index contributed by atoms with van der Waals surface area (Å²) in [6, 6.07) is 5.19. The summed E-state index contributed by atoms with van der Waals surface area (Å²) in [5, 5.41) is 0. The van der Waals surface area contributed by atoms with Crippen molar-refractivity contribution in [2.24, 2.45) is 0 Å². The van der Waals surface area contributed by atoms with Crippen LogP contribution in [0.4, 0.5) is 13.2 Å². The predicted molar refractivity (Wildman–Crippen MR) is 45.7 cm³/mol. The van der Waals surface area contributed by atoms with Crippen LogP contribution in [0.1, 0.15) is 12.5 Å². The number of hydrogen-bond acceptors (Lipinski definition) is 1. The van der Waals surface area contributed by atoms with Crippen molar-refractivity contribution >= 4 is 5.78 Å². The Hall–Kier alpha value is -1.32. The molecule has 1 aromatic carbocycles. The molecule has 1 aromatic rings. The van der Waals surface area contributed by atoms with Crippen molar-refractivity contribution in [2.45, 2.75) is 19.3 Å². The molecule has 0 aliphatic carbocycles. The molecular formula is C10H9F3O.